The molecule has 1 atom stereocenters. The Kier molecular flexibility index (Phi) is 7.42. The highest BCUT2D eigenvalue weighted by Gasteiger charge is 2.29. The molecule has 0 aromatic carbocycles. The second-order valence-electron chi connectivity index (χ2n) is 9.08. The molecule has 2 aromatic rings. The molecule has 2 amide bonds. The molecule has 2 aliphatic heterocycles. The summed E-state index contributed by atoms with van der Waals surface area (Å²) in [4.78, 5) is 34.2. The van der Waals surface area contributed by atoms with Crippen molar-refractivity contribution < 1.29 is 14.3 Å². The highest BCUT2D eigenvalue weighted by molar-refractivity contribution is 5.94. The molecule has 4 heterocycles. The highest BCUT2D eigenvalue weighted by Crippen LogP contribution is 2.20. The summed E-state index contributed by atoms with van der Waals surface area (Å²) < 4.78 is 7.13. The summed E-state index contributed by atoms with van der Waals surface area (Å²) in [6.07, 6.45) is 7.04. The maximum absolute atomic E-state index is 13.4. The number of hydrogen-bond donors (Lipinski definition) is 1. The van der Waals surface area contributed by atoms with Crippen molar-refractivity contribution in [2.75, 3.05) is 46.4 Å². The van der Waals surface area contributed by atoms with Gasteiger partial charge in [0.15, 0.2) is 5.69 Å². The molecule has 0 saturated carbocycles. The van der Waals surface area contributed by atoms with Gasteiger partial charge in [0.2, 0.25) is 5.91 Å². The Morgan fingerprint density at radius 3 is 2.78 bits per heavy atom. The van der Waals surface area contributed by atoms with Gasteiger partial charge in [-0.1, -0.05) is 12.8 Å². The average Bonchev–Trinajstić information content (AvgIpc) is 3.17. The Morgan fingerprint density at radius 2 is 2.03 bits per heavy atom. The van der Waals surface area contributed by atoms with Gasteiger partial charge in [-0.15, -0.1) is 0 Å². The third-order valence-corrected chi connectivity index (χ3v) is 6.56. The zero-order valence-electron chi connectivity index (χ0n) is 19.3. The van der Waals surface area contributed by atoms with E-state index in [-0.39, 0.29) is 17.7 Å². The van der Waals surface area contributed by atoms with E-state index in [1.807, 2.05) is 39.5 Å². The van der Waals surface area contributed by atoms with E-state index in [0.29, 0.717) is 31.8 Å². The molecule has 2 aliphatic rings. The van der Waals surface area contributed by atoms with Crippen LogP contribution in [-0.4, -0.2) is 77.4 Å². The molecular formula is C24H35N5O3. The number of pyridine rings is 1. The molecule has 174 valence electrons. The van der Waals surface area contributed by atoms with Crippen molar-refractivity contribution in [3.05, 3.63) is 35.3 Å². The van der Waals surface area contributed by atoms with E-state index < -0.39 is 0 Å². The second-order valence-corrected chi connectivity index (χ2v) is 9.08. The SMILES string of the molecule is COCCN1C[C@H](CNCc2c(C(=O)N3CCCCCC3)nc3cc(C)ccn23)CC1=O. The van der Waals surface area contributed by atoms with E-state index >= 15 is 0 Å². The van der Waals surface area contributed by atoms with Gasteiger partial charge in [0.1, 0.15) is 5.65 Å². The Hall–Kier alpha value is -2.45. The van der Waals surface area contributed by atoms with Crippen molar-refractivity contribution in [1.82, 2.24) is 24.5 Å². The van der Waals surface area contributed by atoms with Gasteiger partial charge in [0.05, 0.1) is 12.3 Å². The Balaban J connectivity index is 1.47. The normalized spacial score (nSPS) is 19.7. The van der Waals surface area contributed by atoms with Crippen molar-refractivity contribution in [2.45, 2.75) is 45.6 Å². The highest BCUT2D eigenvalue weighted by atomic mass is 16.5. The smallest absolute Gasteiger partial charge is 0.274 e. The summed E-state index contributed by atoms with van der Waals surface area (Å²) in [5, 5.41) is 3.50. The van der Waals surface area contributed by atoms with Crippen LogP contribution in [0.25, 0.3) is 5.65 Å². The number of ether oxygens (including phenoxy) is 1. The van der Waals surface area contributed by atoms with Crippen LogP contribution in [0.4, 0.5) is 0 Å². The van der Waals surface area contributed by atoms with Gasteiger partial charge in [-0.2, -0.15) is 0 Å². The number of hydrogen-bond acceptors (Lipinski definition) is 5. The number of nitrogens with zero attached hydrogens (tertiary/aromatic N) is 4. The summed E-state index contributed by atoms with van der Waals surface area (Å²) in [6.45, 7) is 6.88. The largest absolute Gasteiger partial charge is 0.383 e. The van der Waals surface area contributed by atoms with Gasteiger partial charge in [-0.05, 0) is 43.4 Å². The van der Waals surface area contributed by atoms with Crippen LogP contribution in [0.5, 0.6) is 0 Å². The van der Waals surface area contributed by atoms with Crippen LogP contribution in [0.3, 0.4) is 0 Å². The first-order chi connectivity index (χ1) is 15.6. The number of rotatable bonds is 8. The zero-order valence-corrected chi connectivity index (χ0v) is 19.3. The monoisotopic (exact) mass is 441 g/mol. The van der Waals surface area contributed by atoms with Crippen LogP contribution in [0.2, 0.25) is 0 Å². The number of likely N-dealkylation sites (tertiary alicyclic amines) is 2. The number of amides is 2. The zero-order chi connectivity index (χ0) is 22.5. The topological polar surface area (TPSA) is 79.2 Å². The lowest BCUT2D eigenvalue weighted by Crippen LogP contribution is -2.33. The maximum atomic E-state index is 13.4. The molecule has 32 heavy (non-hydrogen) atoms. The number of carbonyl (C=O) groups excluding carboxylic acids is 2. The second kappa shape index (κ2) is 10.4. The Labute approximate surface area is 189 Å². The Bertz CT molecular complexity index is 949. The van der Waals surface area contributed by atoms with Crippen molar-refractivity contribution in [1.29, 1.82) is 0 Å². The maximum Gasteiger partial charge on any atom is 0.274 e. The van der Waals surface area contributed by atoms with Crippen molar-refractivity contribution in [3.63, 3.8) is 0 Å². The van der Waals surface area contributed by atoms with Crippen LogP contribution in [0.1, 0.15) is 53.8 Å². The van der Waals surface area contributed by atoms with Gasteiger partial charge in [-0.3, -0.25) is 9.59 Å². The number of methoxy groups -OCH3 is 1. The number of imidazole rings is 1. The summed E-state index contributed by atoms with van der Waals surface area (Å²) in [7, 11) is 1.65. The van der Waals surface area contributed by atoms with Crippen LogP contribution < -0.4 is 5.32 Å². The number of carbonyl (C=O) groups is 2. The van der Waals surface area contributed by atoms with Gasteiger partial charge in [0, 0.05) is 59.0 Å². The number of aromatic nitrogens is 2. The lowest BCUT2D eigenvalue weighted by molar-refractivity contribution is -0.128. The lowest BCUT2D eigenvalue weighted by atomic mass is 10.1. The molecule has 2 aromatic heterocycles. The minimum atomic E-state index is 0.0341. The minimum absolute atomic E-state index is 0.0341. The van der Waals surface area contributed by atoms with E-state index in [2.05, 4.69) is 5.32 Å². The van der Waals surface area contributed by atoms with Crippen LogP contribution in [0, 0.1) is 12.8 Å². The Morgan fingerprint density at radius 1 is 1.25 bits per heavy atom. The fourth-order valence-electron chi connectivity index (χ4n) is 4.76. The van der Waals surface area contributed by atoms with E-state index in [0.717, 1.165) is 55.9 Å². The van der Waals surface area contributed by atoms with Gasteiger partial charge in [0.25, 0.3) is 5.91 Å². The quantitative estimate of drug-likeness (QED) is 0.680. The molecule has 4 rings (SSSR count). The molecule has 0 aliphatic carbocycles. The molecule has 2 saturated heterocycles. The molecule has 0 spiro atoms. The van der Waals surface area contributed by atoms with E-state index in [1.165, 1.54) is 12.8 Å². The van der Waals surface area contributed by atoms with E-state index in [4.69, 9.17) is 9.72 Å². The summed E-state index contributed by atoms with van der Waals surface area (Å²) >= 11 is 0. The summed E-state index contributed by atoms with van der Waals surface area (Å²) in [6, 6.07) is 4.06. The van der Waals surface area contributed by atoms with Crippen molar-refractivity contribution >= 4 is 17.5 Å². The lowest BCUT2D eigenvalue weighted by Gasteiger charge is -2.20. The number of fused-ring (bicyclic) bond motifs is 1. The molecule has 2 fully saturated rings. The molecule has 8 nitrogen and oxygen atoms in total. The fourth-order valence-corrected chi connectivity index (χ4v) is 4.76. The van der Waals surface area contributed by atoms with Gasteiger partial charge < -0.3 is 24.3 Å². The van der Waals surface area contributed by atoms with Gasteiger partial charge >= 0.3 is 0 Å². The average molecular weight is 442 g/mol. The molecular weight excluding hydrogens is 406 g/mol. The number of nitrogens with one attached hydrogen (secondary N) is 1. The van der Waals surface area contributed by atoms with E-state index in [1.54, 1.807) is 7.11 Å². The van der Waals surface area contributed by atoms with Crippen molar-refractivity contribution in [2.24, 2.45) is 5.92 Å². The molecule has 0 radical (unpaired) electrons. The standard InChI is InChI=1S/C24H35N5O3/c1-18-7-10-29-20(16-25-15-19-14-22(30)28(17-19)11-12-32-2)23(26-21(29)13-18)24(31)27-8-5-3-4-6-9-27/h7,10,13,19,25H,3-6,8-9,11-12,14-17H2,1-2H3/t19-/m0/s1. The van der Waals surface area contributed by atoms with Gasteiger partial charge in [-0.25, -0.2) is 4.98 Å². The third kappa shape index (κ3) is 5.13. The van der Waals surface area contributed by atoms with Crippen LogP contribution in [0.15, 0.2) is 18.3 Å². The summed E-state index contributed by atoms with van der Waals surface area (Å²) in [5.41, 5.74) is 3.38. The first kappa shape index (κ1) is 22.7. The summed E-state index contributed by atoms with van der Waals surface area (Å²) in [5.74, 6) is 0.494. The first-order valence-electron chi connectivity index (χ1n) is 11.8. The predicted octanol–water partition coefficient (Wildman–Crippen LogP) is 2.24. The molecule has 1 N–H and O–H groups in total. The minimum Gasteiger partial charge on any atom is -0.383 e. The van der Waals surface area contributed by atoms with Crippen LogP contribution >= 0.6 is 0 Å². The number of aryl methyl sites for hydroxylation is 1. The third-order valence-electron chi connectivity index (χ3n) is 6.56. The van der Waals surface area contributed by atoms with E-state index in [9.17, 15) is 9.59 Å². The molecule has 0 unspecified atom stereocenters. The molecule has 8 heteroatoms. The molecule has 0 bridgehead atoms. The predicted molar refractivity (Wildman–Crippen MR) is 123 cm³/mol. The van der Waals surface area contributed by atoms with Crippen molar-refractivity contribution in [3.8, 4) is 0 Å². The van der Waals surface area contributed by atoms with Crippen LogP contribution in [-0.2, 0) is 16.1 Å². The first-order valence-corrected chi connectivity index (χ1v) is 11.8. The fraction of sp³-hybridized carbons (Fsp3) is 0.625.